The van der Waals surface area contributed by atoms with Crippen molar-refractivity contribution in [3.05, 3.63) is 21.9 Å². The van der Waals surface area contributed by atoms with E-state index < -0.39 is 0 Å². The van der Waals surface area contributed by atoms with Gasteiger partial charge in [-0.25, -0.2) is 0 Å². The van der Waals surface area contributed by atoms with E-state index in [1.165, 1.54) is 9.75 Å². The van der Waals surface area contributed by atoms with E-state index in [9.17, 15) is 4.79 Å². The van der Waals surface area contributed by atoms with Gasteiger partial charge in [-0.05, 0) is 44.7 Å². The topological polar surface area (TPSA) is 55.1 Å². The third-order valence-electron chi connectivity index (χ3n) is 3.77. The fraction of sp³-hybridized carbons (Fsp3) is 0.667. The molecule has 1 rings (SSSR count). The Bertz CT molecular complexity index is 394. The molecule has 0 aliphatic rings. The molecule has 1 aromatic heterocycles. The first kappa shape index (κ1) is 19.4. The third-order valence-corrected chi connectivity index (χ3v) is 4.83. The van der Waals surface area contributed by atoms with Gasteiger partial charge in [-0.3, -0.25) is 4.79 Å². The maximum atomic E-state index is 12.0. The van der Waals surface area contributed by atoms with Gasteiger partial charge in [0.2, 0.25) is 5.91 Å². The van der Waals surface area contributed by atoms with Gasteiger partial charge < -0.3 is 11.1 Å². The molecule has 0 bridgehead atoms. The van der Waals surface area contributed by atoms with Crippen LogP contribution in [-0.2, 0) is 11.2 Å². The monoisotopic (exact) mass is 318 g/mol. The van der Waals surface area contributed by atoms with Crippen LogP contribution in [0, 0.1) is 6.92 Å². The van der Waals surface area contributed by atoms with Crippen LogP contribution in [0.15, 0.2) is 12.1 Å². The third kappa shape index (κ3) is 5.81. The van der Waals surface area contributed by atoms with Crippen molar-refractivity contribution in [2.75, 3.05) is 6.54 Å². The highest BCUT2D eigenvalue weighted by atomic mass is 35.5. The molecule has 0 saturated heterocycles. The van der Waals surface area contributed by atoms with Gasteiger partial charge in [0.15, 0.2) is 0 Å². The van der Waals surface area contributed by atoms with Crippen LogP contribution in [0.4, 0.5) is 0 Å². The molecule has 5 heteroatoms. The Labute approximate surface area is 132 Å². The van der Waals surface area contributed by atoms with Crippen molar-refractivity contribution in [2.45, 2.75) is 58.4 Å². The summed E-state index contributed by atoms with van der Waals surface area (Å²) in [7, 11) is 0. The molecule has 0 aliphatic carbocycles. The van der Waals surface area contributed by atoms with Crippen molar-refractivity contribution < 1.29 is 4.79 Å². The lowest BCUT2D eigenvalue weighted by molar-refractivity contribution is -0.123. The molecule has 3 N–H and O–H groups in total. The van der Waals surface area contributed by atoms with E-state index in [4.69, 9.17) is 5.73 Å². The van der Waals surface area contributed by atoms with Crippen molar-refractivity contribution in [1.29, 1.82) is 0 Å². The number of hydrogen-bond donors (Lipinski definition) is 2. The Kier molecular flexibility index (Phi) is 9.10. The molecular weight excluding hydrogens is 292 g/mol. The smallest absolute Gasteiger partial charge is 0.220 e. The van der Waals surface area contributed by atoms with E-state index in [2.05, 4.69) is 38.2 Å². The highest BCUT2D eigenvalue weighted by Crippen LogP contribution is 2.18. The molecule has 1 heterocycles. The van der Waals surface area contributed by atoms with Gasteiger partial charge in [0.05, 0.1) is 5.54 Å². The van der Waals surface area contributed by atoms with Crippen LogP contribution in [-0.4, -0.2) is 18.0 Å². The largest absolute Gasteiger partial charge is 0.349 e. The van der Waals surface area contributed by atoms with E-state index in [0.717, 1.165) is 25.7 Å². The van der Waals surface area contributed by atoms with E-state index in [0.29, 0.717) is 13.0 Å². The average Bonchev–Trinajstić information content (AvgIpc) is 2.82. The van der Waals surface area contributed by atoms with Gasteiger partial charge in [0.1, 0.15) is 0 Å². The Morgan fingerprint density at radius 3 is 2.45 bits per heavy atom. The number of hydrogen-bond acceptors (Lipinski definition) is 3. The number of thiophene rings is 1. The molecule has 0 unspecified atom stereocenters. The molecule has 1 amide bonds. The highest BCUT2D eigenvalue weighted by Gasteiger charge is 2.25. The summed E-state index contributed by atoms with van der Waals surface area (Å²) in [5.41, 5.74) is 5.57. The van der Waals surface area contributed by atoms with Crippen molar-refractivity contribution in [1.82, 2.24) is 5.32 Å². The molecule has 0 saturated carbocycles. The molecular formula is C15H27ClN2OS. The Balaban J connectivity index is 0.00000361. The summed E-state index contributed by atoms with van der Waals surface area (Å²) in [6, 6.07) is 4.29. The molecule has 0 atom stereocenters. The number of halogens is 1. The van der Waals surface area contributed by atoms with E-state index in [1.54, 1.807) is 0 Å². The summed E-state index contributed by atoms with van der Waals surface area (Å²) in [4.78, 5) is 14.7. The summed E-state index contributed by atoms with van der Waals surface area (Å²) in [6.45, 7) is 6.77. The minimum atomic E-state index is -0.212. The lowest BCUT2D eigenvalue weighted by Crippen LogP contribution is -2.52. The molecule has 3 nitrogen and oxygen atoms in total. The lowest BCUT2D eigenvalue weighted by Gasteiger charge is -2.31. The van der Waals surface area contributed by atoms with Crippen LogP contribution >= 0.6 is 23.7 Å². The zero-order valence-electron chi connectivity index (χ0n) is 12.7. The molecule has 0 radical (unpaired) electrons. The van der Waals surface area contributed by atoms with Crippen molar-refractivity contribution in [2.24, 2.45) is 5.73 Å². The maximum Gasteiger partial charge on any atom is 0.220 e. The first-order valence-corrected chi connectivity index (χ1v) is 7.93. The van der Waals surface area contributed by atoms with Gasteiger partial charge >= 0.3 is 0 Å². The van der Waals surface area contributed by atoms with Crippen LogP contribution in [0.2, 0.25) is 0 Å². The molecule has 0 fully saturated rings. The van der Waals surface area contributed by atoms with Crippen LogP contribution in [0.5, 0.6) is 0 Å². The Hall–Kier alpha value is -0.580. The zero-order chi connectivity index (χ0) is 14.3. The molecule has 0 aromatic carbocycles. The van der Waals surface area contributed by atoms with Gasteiger partial charge in [-0.15, -0.1) is 23.7 Å². The number of amides is 1. The number of nitrogens with one attached hydrogen (secondary N) is 1. The molecule has 116 valence electrons. The second-order valence-corrected chi connectivity index (χ2v) is 6.48. The molecule has 1 aromatic rings. The minimum Gasteiger partial charge on any atom is -0.349 e. The fourth-order valence-electron chi connectivity index (χ4n) is 2.17. The van der Waals surface area contributed by atoms with E-state index in [-0.39, 0.29) is 23.9 Å². The fourth-order valence-corrected chi connectivity index (χ4v) is 3.10. The summed E-state index contributed by atoms with van der Waals surface area (Å²) in [5.74, 6) is 0.127. The predicted molar refractivity (Wildman–Crippen MR) is 89.8 cm³/mol. The zero-order valence-corrected chi connectivity index (χ0v) is 14.3. The van der Waals surface area contributed by atoms with Gasteiger partial charge in [-0.2, -0.15) is 0 Å². The first-order valence-electron chi connectivity index (χ1n) is 7.11. The van der Waals surface area contributed by atoms with Crippen LogP contribution in [0.1, 0.15) is 49.3 Å². The van der Waals surface area contributed by atoms with Crippen LogP contribution < -0.4 is 11.1 Å². The first-order chi connectivity index (χ1) is 9.05. The average molecular weight is 319 g/mol. The van der Waals surface area contributed by atoms with Crippen molar-refractivity contribution in [3.63, 3.8) is 0 Å². The summed E-state index contributed by atoms with van der Waals surface area (Å²) < 4.78 is 0. The van der Waals surface area contributed by atoms with E-state index >= 15 is 0 Å². The summed E-state index contributed by atoms with van der Waals surface area (Å²) >= 11 is 1.81. The predicted octanol–water partition coefficient (Wildman–Crippen LogP) is 3.43. The van der Waals surface area contributed by atoms with Crippen molar-refractivity contribution in [3.8, 4) is 0 Å². The number of aryl methyl sites for hydroxylation is 2. The van der Waals surface area contributed by atoms with E-state index in [1.807, 2.05) is 11.3 Å². The summed E-state index contributed by atoms with van der Waals surface area (Å²) in [6.07, 6.45) is 4.24. The standard InChI is InChI=1S/C15H26N2OS.ClH/c1-4-15(5-2,11-16)17-14(18)8-6-7-13-10-9-12(3)19-13;/h9-10H,4-8,11,16H2,1-3H3,(H,17,18);1H. The molecule has 0 aliphatic heterocycles. The number of carbonyl (C=O) groups excluding carboxylic acids is 1. The molecule has 20 heavy (non-hydrogen) atoms. The SMILES string of the molecule is CCC(CC)(CN)NC(=O)CCCc1ccc(C)s1.Cl. The number of rotatable bonds is 8. The Morgan fingerprint density at radius 1 is 1.35 bits per heavy atom. The highest BCUT2D eigenvalue weighted by molar-refractivity contribution is 7.11. The second-order valence-electron chi connectivity index (χ2n) is 5.11. The van der Waals surface area contributed by atoms with Crippen LogP contribution in [0.25, 0.3) is 0 Å². The van der Waals surface area contributed by atoms with Gasteiger partial charge in [-0.1, -0.05) is 13.8 Å². The maximum absolute atomic E-state index is 12.0. The Morgan fingerprint density at radius 2 is 2.00 bits per heavy atom. The number of nitrogens with two attached hydrogens (primary N) is 1. The van der Waals surface area contributed by atoms with Gasteiger partial charge in [0, 0.05) is 22.7 Å². The normalized spacial score (nSPS) is 11.0. The minimum absolute atomic E-state index is 0. The molecule has 0 spiro atoms. The second kappa shape index (κ2) is 9.37. The quantitative estimate of drug-likeness (QED) is 0.771. The van der Waals surface area contributed by atoms with Gasteiger partial charge in [0.25, 0.3) is 0 Å². The van der Waals surface area contributed by atoms with Crippen molar-refractivity contribution >= 4 is 29.7 Å². The van der Waals surface area contributed by atoms with Crippen LogP contribution in [0.3, 0.4) is 0 Å². The summed E-state index contributed by atoms with van der Waals surface area (Å²) in [5, 5.41) is 3.11. The lowest BCUT2D eigenvalue weighted by atomic mass is 9.92. The number of carbonyl (C=O) groups is 1.